The largest absolute Gasteiger partial charge is 0.449 e. The monoisotopic (exact) mass is 452 g/mol. The molecule has 130 valence electrons. The SMILES string of the molecule is CC(=O)Nc1ccc(NC(=O)[C@H](C)OC(=O)c2ccc(I)cc2)cc1. The van der Waals surface area contributed by atoms with Crippen LogP contribution in [-0.2, 0) is 14.3 Å². The number of halogens is 1. The van der Waals surface area contributed by atoms with Gasteiger partial charge in [-0.25, -0.2) is 4.79 Å². The van der Waals surface area contributed by atoms with E-state index in [-0.39, 0.29) is 5.91 Å². The van der Waals surface area contributed by atoms with Crippen LogP contribution in [-0.4, -0.2) is 23.9 Å². The van der Waals surface area contributed by atoms with Crippen LogP contribution in [0.3, 0.4) is 0 Å². The van der Waals surface area contributed by atoms with E-state index >= 15 is 0 Å². The molecule has 0 saturated carbocycles. The van der Waals surface area contributed by atoms with Crippen molar-refractivity contribution >= 4 is 51.7 Å². The number of carbonyl (C=O) groups excluding carboxylic acids is 3. The van der Waals surface area contributed by atoms with Crippen molar-refractivity contribution in [3.05, 3.63) is 57.7 Å². The van der Waals surface area contributed by atoms with Crippen molar-refractivity contribution in [2.75, 3.05) is 10.6 Å². The summed E-state index contributed by atoms with van der Waals surface area (Å²) in [6.45, 7) is 2.92. The van der Waals surface area contributed by atoms with E-state index in [0.29, 0.717) is 16.9 Å². The molecular weight excluding hydrogens is 435 g/mol. The predicted molar refractivity (Wildman–Crippen MR) is 103 cm³/mol. The van der Waals surface area contributed by atoms with Gasteiger partial charge in [0.1, 0.15) is 0 Å². The van der Waals surface area contributed by atoms with Gasteiger partial charge in [0.15, 0.2) is 6.10 Å². The van der Waals surface area contributed by atoms with Gasteiger partial charge in [0.25, 0.3) is 5.91 Å². The Morgan fingerprint density at radius 1 is 0.920 bits per heavy atom. The van der Waals surface area contributed by atoms with Gasteiger partial charge in [-0.15, -0.1) is 0 Å². The van der Waals surface area contributed by atoms with E-state index in [2.05, 4.69) is 33.2 Å². The molecule has 0 unspecified atom stereocenters. The number of amides is 2. The molecule has 2 aromatic carbocycles. The maximum Gasteiger partial charge on any atom is 0.338 e. The van der Waals surface area contributed by atoms with Crippen LogP contribution in [0.25, 0.3) is 0 Å². The second-order valence-corrected chi connectivity index (χ2v) is 6.55. The fraction of sp³-hybridized carbons (Fsp3) is 0.167. The molecule has 0 aliphatic heterocycles. The molecular formula is C18H17IN2O4. The summed E-state index contributed by atoms with van der Waals surface area (Å²) in [5, 5.41) is 5.29. The Labute approximate surface area is 159 Å². The zero-order chi connectivity index (χ0) is 18.4. The van der Waals surface area contributed by atoms with Gasteiger partial charge in [0, 0.05) is 21.9 Å². The number of carbonyl (C=O) groups is 3. The average molecular weight is 452 g/mol. The molecule has 0 saturated heterocycles. The maximum absolute atomic E-state index is 12.1. The lowest BCUT2D eigenvalue weighted by molar-refractivity contribution is -0.123. The fourth-order valence-electron chi connectivity index (χ4n) is 1.95. The third-order valence-corrected chi connectivity index (χ3v) is 3.92. The van der Waals surface area contributed by atoms with E-state index in [0.717, 1.165) is 3.57 Å². The zero-order valence-electron chi connectivity index (χ0n) is 13.7. The normalized spacial score (nSPS) is 11.3. The van der Waals surface area contributed by atoms with Crippen LogP contribution in [0.5, 0.6) is 0 Å². The first kappa shape index (κ1) is 18.9. The van der Waals surface area contributed by atoms with Crippen LogP contribution in [0.4, 0.5) is 11.4 Å². The van der Waals surface area contributed by atoms with E-state index < -0.39 is 18.0 Å². The van der Waals surface area contributed by atoms with E-state index in [1.54, 1.807) is 48.5 Å². The molecule has 1 atom stereocenters. The lowest BCUT2D eigenvalue weighted by Gasteiger charge is -2.14. The van der Waals surface area contributed by atoms with Crippen molar-refractivity contribution < 1.29 is 19.1 Å². The number of ether oxygens (including phenoxy) is 1. The molecule has 0 bridgehead atoms. The molecule has 0 radical (unpaired) electrons. The molecule has 0 heterocycles. The van der Waals surface area contributed by atoms with E-state index in [9.17, 15) is 14.4 Å². The number of hydrogen-bond acceptors (Lipinski definition) is 4. The third kappa shape index (κ3) is 5.86. The average Bonchev–Trinajstić information content (AvgIpc) is 2.56. The summed E-state index contributed by atoms with van der Waals surface area (Å²) in [6.07, 6.45) is -0.943. The molecule has 2 N–H and O–H groups in total. The maximum atomic E-state index is 12.1. The van der Waals surface area contributed by atoms with Crippen LogP contribution in [0.15, 0.2) is 48.5 Å². The number of rotatable bonds is 5. The Kier molecular flexibility index (Phi) is 6.51. The van der Waals surface area contributed by atoms with Crippen LogP contribution in [0.2, 0.25) is 0 Å². The van der Waals surface area contributed by atoms with Gasteiger partial charge >= 0.3 is 5.97 Å². The molecule has 0 spiro atoms. The number of nitrogens with one attached hydrogen (secondary N) is 2. The number of benzene rings is 2. The van der Waals surface area contributed by atoms with E-state index in [1.807, 2.05) is 0 Å². The van der Waals surface area contributed by atoms with Crippen LogP contribution >= 0.6 is 22.6 Å². The van der Waals surface area contributed by atoms with Crippen molar-refractivity contribution in [3.63, 3.8) is 0 Å². The minimum Gasteiger partial charge on any atom is -0.449 e. The standard InChI is InChI=1S/C18H17IN2O4/c1-11(25-18(24)13-3-5-14(19)6-4-13)17(23)21-16-9-7-15(8-10-16)20-12(2)22/h3-11H,1-2H3,(H,20,22)(H,21,23)/t11-/m0/s1. The van der Waals surface area contributed by atoms with Gasteiger partial charge in [-0.05, 0) is 78.0 Å². The summed E-state index contributed by atoms with van der Waals surface area (Å²) in [4.78, 5) is 35.1. The molecule has 0 aliphatic carbocycles. The molecule has 0 aromatic heterocycles. The van der Waals surface area contributed by atoms with Gasteiger partial charge in [-0.2, -0.15) is 0 Å². The van der Waals surface area contributed by atoms with Crippen LogP contribution < -0.4 is 10.6 Å². The summed E-state index contributed by atoms with van der Waals surface area (Å²) in [5.41, 5.74) is 1.56. The Hall–Kier alpha value is -2.42. The molecule has 2 amide bonds. The molecule has 2 rings (SSSR count). The van der Waals surface area contributed by atoms with Crippen LogP contribution in [0.1, 0.15) is 24.2 Å². The Balaban J connectivity index is 1.92. The summed E-state index contributed by atoms with van der Waals surface area (Å²) in [7, 11) is 0. The highest BCUT2D eigenvalue weighted by atomic mass is 127. The summed E-state index contributed by atoms with van der Waals surface area (Å²) < 4.78 is 6.18. The van der Waals surface area contributed by atoms with Crippen molar-refractivity contribution in [2.24, 2.45) is 0 Å². The second-order valence-electron chi connectivity index (χ2n) is 5.30. The van der Waals surface area contributed by atoms with Crippen LogP contribution in [0, 0.1) is 3.57 Å². The first-order valence-corrected chi connectivity index (χ1v) is 8.58. The van der Waals surface area contributed by atoms with E-state index in [1.165, 1.54) is 13.8 Å². The number of esters is 1. The van der Waals surface area contributed by atoms with Crippen molar-refractivity contribution in [2.45, 2.75) is 20.0 Å². The first-order chi connectivity index (χ1) is 11.8. The topological polar surface area (TPSA) is 84.5 Å². The minimum absolute atomic E-state index is 0.173. The smallest absolute Gasteiger partial charge is 0.338 e. The molecule has 0 aliphatic rings. The van der Waals surface area contributed by atoms with Gasteiger partial charge < -0.3 is 15.4 Å². The third-order valence-electron chi connectivity index (χ3n) is 3.21. The Bertz CT molecular complexity index is 773. The minimum atomic E-state index is -0.943. The molecule has 6 nitrogen and oxygen atoms in total. The highest BCUT2D eigenvalue weighted by molar-refractivity contribution is 14.1. The molecule has 2 aromatic rings. The van der Waals surface area contributed by atoms with Gasteiger partial charge in [-0.3, -0.25) is 9.59 Å². The lowest BCUT2D eigenvalue weighted by atomic mass is 10.2. The molecule has 0 fully saturated rings. The van der Waals surface area contributed by atoms with Crippen molar-refractivity contribution in [3.8, 4) is 0 Å². The molecule has 25 heavy (non-hydrogen) atoms. The fourth-order valence-corrected chi connectivity index (χ4v) is 2.31. The van der Waals surface area contributed by atoms with E-state index in [4.69, 9.17) is 4.74 Å². The molecule has 7 heteroatoms. The van der Waals surface area contributed by atoms with Gasteiger partial charge in [0.2, 0.25) is 5.91 Å². The highest BCUT2D eigenvalue weighted by Gasteiger charge is 2.19. The second kappa shape index (κ2) is 8.61. The highest BCUT2D eigenvalue weighted by Crippen LogP contribution is 2.14. The Morgan fingerprint density at radius 3 is 1.96 bits per heavy atom. The summed E-state index contributed by atoms with van der Waals surface area (Å²) in [5.74, 6) is -1.17. The zero-order valence-corrected chi connectivity index (χ0v) is 15.9. The number of hydrogen-bond donors (Lipinski definition) is 2. The predicted octanol–water partition coefficient (Wildman–Crippen LogP) is 3.43. The quantitative estimate of drug-likeness (QED) is 0.538. The Morgan fingerprint density at radius 2 is 1.44 bits per heavy atom. The number of anilines is 2. The lowest BCUT2D eigenvalue weighted by Crippen LogP contribution is -2.30. The summed E-state index contributed by atoms with van der Waals surface area (Å²) in [6, 6.07) is 13.5. The van der Waals surface area contributed by atoms with Crippen molar-refractivity contribution in [1.29, 1.82) is 0 Å². The van der Waals surface area contributed by atoms with Gasteiger partial charge in [-0.1, -0.05) is 0 Å². The summed E-state index contributed by atoms with van der Waals surface area (Å²) >= 11 is 2.14. The first-order valence-electron chi connectivity index (χ1n) is 7.50. The van der Waals surface area contributed by atoms with Crippen molar-refractivity contribution in [1.82, 2.24) is 0 Å². The van der Waals surface area contributed by atoms with Gasteiger partial charge in [0.05, 0.1) is 5.56 Å².